The Morgan fingerprint density at radius 3 is 2.05 bits per heavy atom. The van der Waals surface area contributed by atoms with Crippen LogP contribution in [0.1, 0.15) is 27.6 Å². The highest BCUT2D eigenvalue weighted by atomic mass is 16.5. The zero-order chi connectivity index (χ0) is 15.4. The molecule has 112 valence electrons. The average molecular weight is 291 g/mol. The molecule has 0 spiro atoms. The maximum absolute atomic E-state index is 12.5. The number of nitrogens with one attached hydrogen (secondary N) is 1. The number of carbonyl (C=O) groups is 3. The summed E-state index contributed by atoms with van der Waals surface area (Å²) in [6.07, 6.45) is 0. The monoisotopic (exact) mass is 291 g/mol. The van der Waals surface area contributed by atoms with Crippen LogP contribution in [0.5, 0.6) is 0 Å². The number of nitrogens with zero attached hydrogens (tertiary/aromatic N) is 2. The molecule has 1 aliphatic heterocycles. The lowest BCUT2D eigenvalue weighted by molar-refractivity contribution is -0.130. The van der Waals surface area contributed by atoms with Crippen LogP contribution in [-0.4, -0.2) is 58.9 Å². The molecular formula is C14H17N3O4. The number of benzene rings is 1. The number of hydrogen-bond donors (Lipinski definition) is 2. The van der Waals surface area contributed by atoms with E-state index in [9.17, 15) is 14.4 Å². The lowest BCUT2D eigenvalue weighted by Crippen LogP contribution is -2.50. The lowest BCUT2D eigenvalue weighted by atomic mass is 10.1. The largest absolute Gasteiger partial charge is 0.339 e. The molecule has 3 amide bonds. The molecule has 0 atom stereocenters. The van der Waals surface area contributed by atoms with Crippen LogP contribution in [-0.2, 0) is 4.79 Å². The van der Waals surface area contributed by atoms with Crippen molar-refractivity contribution >= 4 is 17.7 Å². The van der Waals surface area contributed by atoms with Gasteiger partial charge >= 0.3 is 0 Å². The van der Waals surface area contributed by atoms with Gasteiger partial charge in [0, 0.05) is 33.1 Å². The van der Waals surface area contributed by atoms with Crippen molar-refractivity contribution in [2.75, 3.05) is 26.2 Å². The summed E-state index contributed by atoms with van der Waals surface area (Å²) in [7, 11) is 0. The van der Waals surface area contributed by atoms with Crippen LogP contribution in [0.3, 0.4) is 0 Å². The van der Waals surface area contributed by atoms with Crippen LogP contribution < -0.4 is 5.48 Å². The van der Waals surface area contributed by atoms with Gasteiger partial charge in [-0.15, -0.1) is 0 Å². The zero-order valence-corrected chi connectivity index (χ0v) is 11.7. The molecule has 7 nitrogen and oxygen atoms in total. The molecular weight excluding hydrogens is 274 g/mol. The van der Waals surface area contributed by atoms with E-state index in [0.29, 0.717) is 26.2 Å². The Hall–Kier alpha value is -2.41. The van der Waals surface area contributed by atoms with Crippen molar-refractivity contribution in [3.63, 3.8) is 0 Å². The maximum Gasteiger partial charge on any atom is 0.275 e. The number of piperazine rings is 1. The Morgan fingerprint density at radius 2 is 1.52 bits per heavy atom. The van der Waals surface area contributed by atoms with Crippen LogP contribution in [0.15, 0.2) is 24.3 Å². The number of hydroxylamine groups is 1. The van der Waals surface area contributed by atoms with Crippen LogP contribution in [0.25, 0.3) is 0 Å². The minimum absolute atomic E-state index is 0.0119. The summed E-state index contributed by atoms with van der Waals surface area (Å²) >= 11 is 0. The van der Waals surface area contributed by atoms with Gasteiger partial charge in [-0.25, -0.2) is 5.48 Å². The molecule has 1 fully saturated rings. The Morgan fingerprint density at radius 1 is 1.00 bits per heavy atom. The Balaban J connectivity index is 2.15. The van der Waals surface area contributed by atoms with Crippen molar-refractivity contribution in [3.05, 3.63) is 35.4 Å². The smallest absolute Gasteiger partial charge is 0.275 e. The first-order valence-electron chi connectivity index (χ1n) is 6.63. The SMILES string of the molecule is CC(=O)N1CCN(C(=O)c2ccccc2C(=O)NO)CC1. The average Bonchev–Trinajstić information content (AvgIpc) is 2.53. The van der Waals surface area contributed by atoms with E-state index in [-0.39, 0.29) is 22.9 Å². The van der Waals surface area contributed by atoms with E-state index in [1.807, 2.05) is 0 Å². The fraction of sp³-hybridized carbons (Fsp3) is 0.357. The number of carbonyl (C=O) groups excluding carboxylic acids is 3. The summed E-state index contributed by atoms with van der Waals surface area (Å²) in [5.41, 5.74) is 1.90. The minimum atomic E-state index is -0.721. The second-order valence-electron chi connectivity index (χ2n) is 4.78. The maximum atomic E-state index is 12.5. The molecule has 1 heterocycles. The van der Waals surface area contributed by atoms with Gasteiger partial charge in [0.05, 0.1) is 11.1 Å². The molecule has 0 aliphatic carbocycles. The predicted molar refractivity (Wildman–Crippen MR) is 73.9 cm³/mol. The predicted octanol–water partition coefficient (Wildman–Crippen LogP) is 0.110. The van der Waals surface area contributed by atoms with Gasteiger partial charge in [0.1, 0.15) is 0 Å². The Bertz CT molecular complexity index is 565. The second-order valence-corrected chi connectivity index (χ2v) is 4.78. The number of hydrogen-bond acceptors (Lipinski definition) is 4. The minimum Gasteiger partial charge on any atom is -0.339 e. The highest BCUT2D eigenvalue weighted by Gasteiger charge is 2.25. The summed E-state index contributed by atoms with van der Waals surface area (Å²) < 4.78 is 0. The van der Waals surface area contributed by atoms with Gasteiger partial charge in [-0.2, -0.15) is 0 Å². The third kappa shape index (κ3) is 3.19. The molecule has 0 radical (unpaired) electrons. The molecule has 0 saturated carbocycles. The zero-order valence-electron chi connectivity index (χ0n) is 11.7. The molecule has 1 aromatic rings. The summed E-state index contributed by atoms with van der Waals surface area (Å²) in [5.74, 6) is -1.01. The molecule has 1 aromatic carbocycles. The van der Waals surface area contributed by atoms with Gasteiger partial charge in [-0.1, -0.05) is 12.1 Å². The topological polar surface area (TPSA) is 90.0 Å². The van der Waals surface area contributed by atoms with Crippen molar-refractivity contribution in [3.8, 4) is 0 Å². The van der Waals surface area contributed by atoms with Crippen LogP contribution in [0.4, 0.5) is 0 Å². The van der Waals surface area contributed by atoms with Crippen molar-refractivity contribution in [1.82, 2.24) is 15.3 Å². The fourth-order valence-electron chi connectivity index (χ4n) is 2.32. The van der Waals surface area contributed by atoms with Gasteiger partial charge in [0.15, 0.2) is 0 Å². The van der Waals surface area contributed by atoms with Crippen LogP contribution in [0, 0.1) is 0 Å². The van der Waals surface area contributed by atoms with Gasteiger partial charge in [0.2, 0.25) is 5.91 Å². The molecule has 21 heavy (non-hydrogen) atoms. The van der Waals surface area contributed by atoms with E-state index >= 15 is 0 Å². The van der Waals surface area contributed by atoms with Gasteiger partial charge < -0.3 is 9.80 Å². The third-order valence-corrected chi connectivity index (χ3v) is 3.52. The van der Waals surface area contributed by atoms with Crippen molar-refractivity contribution in [2.24, 2.45) is 0 Å². The number of amides is 3. The quantitative estimate of drug-likeness (QED) is 0.598. The van der Waals surface area contributed by atoms with Crippen molar-refractivity contribution in [2.45, 2.75) is 6.92 Å². The van der Waals surface area contributed by atoms with Crippen molar-refractivity contribution in [1.29, 1.82) is 0 Å². The molecule has 1 aliphatic rings. The molecule has 2 N–H and O–H groups in total. The first-order valence-corrected chi connectivity index (χ1v) is 6.63. The highest BCUT2D eigenvalue weighted by Crippen LogP contribution is 2.14. The molecule has 0 unspecified atom stereocenters. The van der Waals surface area contributed by atoms with Gasteiger partial charge in [-0.05, 0) is 12.1 Å². The summed E-state index contributed by atoms with van der Waals surface area (Å²) in [6.45, 7) is 3.31. The van der Waals surface area contributed by atoms with Gasteiger partial charge in [0.25, 0.3) is 11.8 Å². The third-order valence-electron chi connectivity index (χ3n) is 3.52. The number of rotatable bonds is 2. The molecule has 0 aromatic heterocycles. The van der Waals surface area contributed by atoms with Gasteiger partial charge in [-0.3, -0.25) is 19.6 Å². The molecule has 0 bridgehead atoms. The molecule has 7 heteroatoms. The summed E-state index contributed by atoms with van der Waals surface area (Å²) in [4.78, 5) is 38.6. The van der Waals surface area contributed by atoms with E-state index in [0.717, 1.165) is 0 Å². The lowest BCUT2D eigenvalue weighted by Gasteiger charge is -2.34. The van der Waals surface area contributed by atoms with Crippen molar-refractivity contribution < 1.29 is 19.6 Å². The molecule has 1 saturated heterocycles. The van der Waals surface area contributed by atoms with Crippen LogP contribution >= 0.6 is 0 Å². The fourth-order valence-corrected chi connectivity index (χ4v) is 2.32. The standard InChI is InChI=1S/C14H17N3O4/c1-10(18)16-6-8-17(9-7-16)14(20)12-5-3-2-4-11(12)13(19)15-21/h2-5,21H,6-9H2,1H3,(H,15,19). The molecule has 2 rings (SSSR count). The Kier molecular flexibility index (Phi) is 4.54. The first kappa shape index (κ1) is 15.0. The second kappa shape index (κ2) is 6.36. The van der Waals surface area contributed by atoms with E-state index in [1.165, 1.54) is 18.5 Å². The van der Waals surface area contributed by atoms with E-state index in [2.05, 4.69) is 0 Å². The Labute approximate surface area is 122 Å². The highest BCUT2D eigenvalue weighted by molar-refractivity contribution is 6.06. The summed E-state index contributed by atoms with van der Waals surface area (Å²) in [6, 6.07) is 6.30. The summed E-state index contributed by atoms with van der Waals surface area (Å²) in [5, 5.41) is 8.73. The van der Waals surface area contributed by atoms with E-state index in [4.69, 9.17) is 5.21 Å². The van der Waals surface area contributed by atoms with Crippen LogP contribution in [0.2, 0.25) is 0 Å². The normalized spacial score (nSPS) is 14.8. The van der Waals surface area contributed by atoms with E-state index < -0.39 is 5.91 Å². The first-order chi connectivity index (χ1) is 10.0. The van der Waals surface area contributed by atoms with E-state index in [1.54, 1.807) is 28.0 Å².